The monoisotopic (exact) mass is 216 g/mol. The van der Waals surface area contributed by atoms with Gasteiger partial charge in [-0.05, 0) is 13.1 Å². The minimum atomic E-state index is 0.506. The van der Waals surface area contributed by atoms with E-state index in [1.807, 2.05) is 5.38 Å². The van der Waals surface area contributed by atoms with Gasteiger partial charge in [-0.25, -0.2) is 0 Å². The van der Waals surface area contributed by atoms with E-state index in [2.05, 4.69) is 23.3 Å². The minimum Gasteiger partial charge on any atom is -0.314 e. The number of nitrogens with zero attached hydrogens (tertiary/aromatic N) is 1. The van der Waals surface area contributed by atoms with Crippen LogP contribution in [-0.2, 0) is 0 Å². The third-order valence-electron chi connectivity index (χ3n) is 2.43. The molecule has 0 bridgehead atoms. The molecule has 0 spiro atoms. The van der Waals surface area contributed by atoms with Crippen LogP contribution in [0, 0.1) is 0 Å². The lowest BCUT2D eigenvalue weighted by atomic mass is 10.2. The third-order valence-corrected chi connectivity index (χ3v) is 3.81. The Morgan fingerprint density at radius 2 is 2.54 bits per heavy atom. The smallest absolute Gasteiger partial charge is 0.0565 e. The zero-order valence-corrected chi connectivity index (χ0v) is 9.16. The van der Waals surface area contributed by atoms with Crippen molar-refractivity contribution in [3.63, 3.8) is 0 Å². The van der Waals surface area contributed by atoms with Crippen molar-refractivity contribution in [2.75, 3.05) is 26.7 Å². The highest BCUT2D eigenvalue weighted by Crippen LogP contribution is 2.28. The number of hydrogen-bond acceptors (Lipinski definition) is 3. The molecule has 0 radical (unpaired) electrons. The molecule has 1 aliphatic rings. The molecule has 13 heavy (non-hydrogen) atoms. The lowest BCUT2D eigenvalue weighted by molar-refractivity contribution is 0.205. The Labute approximate surface area is 87.5 Å². The molecule has 0 aromatic carbocycles. The molecule has 1 fully saturated rings. The van der Waals surface area contributed by atoms with Crippen molar-refractivity contribution < 1.29 is 0 Å². The number of hydrogen-bond donors (Lipinski definition) is 1. The summed E-state index contributed by atoms with van der Waals surface area (Å²) >= 11 is 7.65. The van der Waals surface area contributed by atoms with Crippen LogP contribution in [0.3, 0.4) is 0 Å². The molecule has 1 aromatic rings. The van der Waals surface area contributed by atoms with E-state index in [4.69, 9.17) is 11.6 Å². The highest BCUT2D eigenvalue weighted by molar-refractivity contribution is 7.10. The fourth-order valence-corrected chi connectivity index (χ4v) is 2.87. The van der Waals surface area contributed by atoms with Crippen molar-refractivity contribution >= 4 is 22.9 Å². The number of likely N-dealkylation sites (N-methyl/N-ethyl adjacent to an activating group) is 1. The maximum Gasteiger partial charge on any atom is 0.0565 e. The first-order chi connectivity index (χ1) is 6.27. The molecule has 1 N–H and O–H groups in total. The molecule has 4 heteroatoms. The van der Waals surface area contributed by atoms with Crippen LogP contribution in [0.5, 0.6) is 0 Å². The average molecular weight is 217 g/mol. The molecule has 0 amide bonds. The van der Waals surface area contributed by atoms with E-state index < -0.39 is 0 Å². The number of halogens is 1. The predicted octanol–water partition coefficient (Wildman–Crippen LogP) is 1.98. The summed E-state index contributed by atoms with van der Waals surface area (Å²) in [5.74, 6) is 0. The van der Waals surface area contributed by atoms with Crippen molar-refractivity contribution in [1.29, 1.82) is 0 Å². The van der Waals surface area contributed by atoms with Crippen LogP contribution in [0.25, 0.3) is 0 Å². The Morgan fingerprint density at radius 3 is 3.15 bits per heavy atom. The molecule has 1 saturated heterocycles. The van der Waals surface area contributed by atoms with E-state index >= 15 is 0 Å². The molecule has 0 aliphatic carbocycles. The van der Waals surface area contributed by atoms with Gasteiger partial charge in [0, 0.05) is 29.9 Å². The van der Waals surface area contributed by atoms with Gasteiger partial charge in [-0.2, -0.15) is 0 Å². The number of nitrogens with one attached hydrogen (secondary N) is 1. The summed E-state index contributed by atoms with van der Waals surface area (Å²) in [7, 11) is 2.17. The summed E-state index contributed by atoms with van der Waals surface area (Å²) in [6.07, 6.45) is 0. The van der Waals surface area contributed by atoms with Crippen LogP contribution in [-0.4, -0.2) is 31.6 Å². The van der Waals surface area contributed by atoms with Crippen LogP contribution in [0.1, 0.15) is 10.9 Å². The van der Waals surface area contributed by atoms with Gasteiger partial charge >= 0.3 is 0 Å². The summed E-state index contributed by atoms with van der Waals surface area (Å²) in [5, 5.41) is 6.25. The topological polar surface area (TPSA) is 15.3 Å². The number of rotatable bonds is 1. The molecule has 2 nitrogen and oxygen atoms in total. The summed E-state index contributed by atoms with van der Waals surface area (Å²) in [4.78, 5) is 3.73. The van der Waals surface area contributed by atoms with Crippen molar-refractivity contribution in [3.05, 3.63) is 21.3 Å². The van der Waals surface area contributed by atoms with E-state index in [9.17, 15) is 0 Å². The quantitative estimate of drug-likeness (QED) is 0.773. The predicted molar refractivity (Wildman–Crippen MR) is 57.6 cm³/mol. The van der Waals surface area contributed by atoms with Gasteiger partial charge in [-0.3, -0.25) is 4.90 Å². The van der Waals surface area contributed by atoms with Crippen molar-refractivity contribution in [3.8, 4) is 0 Å². The van der Waals surface area contributed by atoms with Crippen molar-refractivity contribution in [2.45, 2.75) is 6.04 Å². The highest BCUT2D eigenvalue weighted by atomic mass is 35.5. The van der Waals surface area contributed by atoms with Crippen molar-refractivity contribution in [1.82, 2.24) is 10.2 Å². The van der Waals surface area contributed by atoms with Gasteiger partial charge in [0.2, 0.25) is 0 Å². The van der Waals surface area contributed by atoms with Gasteiger partial charge in [0.25, 0.3) is 0 Å². The zero-order chi connectivity index (χ0) is 9.26. The van der Waals surface area contributed by atoms with Crippen LogP contribution < -0.4 is 5.32 Å². The summed E-state index contributed by atoms with van der Waals surface area (Å²) in [6.45, 7) is 3.24. The van der Waals surface area contributed by atoms with Gasteiger partial charge in [-0.15, -0.1) is 11.3 Å². The minimum absolute atomic E-state index is 0.506. The molecule has 2 heterocycles. The van der Waals surface area contributed by atoms with Gasteiger partial charge in [0.1, 0.15) is 0 Å². The van der Waals surface area contributed by atoms with E-state index in [1.165, 1.54) is 4.88 Å². The van der Waals surface area contributed by atoms with Crippen LogP contribution in [0.15, 0.2) is 11.4 Å². The molecule has 0 saturated carbocycles. The summed E-state index contributed by atoms with van der Waals surface area (Å²) in [5.41, 5.74) is 0. The van der Waals surface area contributed by atoms with Gasteiger partial charge in [0.15, 0.2) is 0 Å². The largest absolute Gasteiger partial charge is 0.314 e. The maximum atomic E-state index is 5.90. The molecule has 1 aliphatic heterocycles. The zero-order valence-electron chi connectivity index (χ0n) is 7.59. The Bertz CT molecular complexity index is 287. The van der Waals surface area contributed by atoms with E-state index in [-0.39, 0.29) is 0 Å². The Balaban J connectivity index is 2.14. The van der Waals surface area contributed by atoms with Crippen LogP contribution in [0.4, 0.5) is 0 Å². The standard InChI is InChI=1S/C9H13ClN2S/c1-12-3-2-11-5-8(12)9-4-7(10)6-13-9/h4,6,8,11H,2-3,5H2,1H3. The second-order valence-electron chi connectivity index (χ2n) is 3.37. The van der Waals surface area contributed by atoms with E-state index in [0.717, 1.165) is 24.7 Å². The van der Waals surface area contributed by atoms with Gasteiger partial charge < -0.3 is 5.32 Å². The van der Waals surface area contributed by atoms with Crippen LogP contribution >= 0.6 is 22.9 Å². The van der Waals surface area contributed by atoms with Gasteiger partial charge in [-0.1, -0.05) is 11.6 Å². The van der Waals surface area contributed by atoms with Crippen LogP contribution in [0.2, 0.25) is 5.02 Å². The fraction of sp³-hybridized carbons (Fsp3) is 0.556. The van der Waals surface area contributed by atoms with E-state index in [1.54, 1.807) is 11.3 Å². The summed E-state index contributed by atoms with van der Waals surface area (Å²) in [6, 6.07) is 2.58. The van der Waals surface area contributed by atoms with E-state index in [0.29, 0.717) is 6.04 Å². The Hall–Kier alpha value is -0.0900. The third kappa shape index (κ3) is 2.05. The number of thiophene rings is 1. The number of piperazine rings is 1. The first-order valence-electron chi connectivity index (χ1n) is 4.42. The normalized spacial score (nSPS) is 24.9. The SMILES string of the molecule is CN1CCNCC1c1cc(Cl)cs1. The second kappa shape index (κ2) is 3.96. The molecule has 1 atom stereocenters. The Morgan fingerprint density at radius 1 is 1.69 bits per heavy atom. The molecular formula is C9H13ClN2S. The molecule has 2 rings (SSSR count). The summed E-state index contributed by atoms with van der Waals surface area (Å²) < 4.78 is 0. The highest BCUT2D eigenvalue weighted by Gasteiger charge is 2.21. The van der Waals surface area contributed by atoms with Gasteiger partial charge in [0.05, 0.1) is 11.1 Å². The molecular weight excluding hydrogens is 204 g/mol. The lowest BCUT2D eigenvalue weighted by Gasteiger charge is -2.32. The second-order valence-corrected chi connectivity index (χ2v) is 4.75. The fourth-order valence-electron chi connectivity index (χ4n) is 1.63. The molecule has 1 unspecified atom stereocenters. The first-order valence-corrected chi connectivity index (χ1v) is 5.68. The van der Waals surface area contributed by atoms with Crippen molar-refractivity contribution in [2.24, 2.45) is 0 Å². The lowest BCUT2D eigenvalue weighted by Crippen LogP contribution is -2.43. The molecule has 1 aromatic heterocycles. The molecule has 72 valence electrons. The Kier molecular flexibility index (Phi) is 2.89. The maximum absolute atomic E-state index is 5.90. The first kappa shape index (κ1) is 9.46. The average Bonchev–Trinajstić information content (AvgIpc) is 2.53.